The lowest BCUT2D eigenvalue weighted by Crippen LogP contribution is -2.68. The first-order chi connectivity index (χ1) is 20.5. The highest BCUT2D eigenvalue weighted by Gasteiger charge is 2.58. The number of hydrogen-bond acceptors (Lipinski definition) is 8. The first-order valence-electron chi connectivity index (χ1n) is 14.7. The largest absolute Gasteiger partial charge is 0.469 e. The van der Waals surface area contributed by atoms with E-state index in [4.69, 9.17) is 40.3 Å². The van der Waals surface area contributed by atoms with Gasteiger partial charge in [0.1, 0.15) is 18.3 Å². The van der Waals surface area contributed by atoms with E-state index in [1.165, 1.54) is 22.1 Å². The van der Waals surface area contributed by atoms with E-state index in [0.717, 1.165) is 5.56 Å². The van der Waals surface area contributed by atoms with Gasteiger partial charge in [-0.2, -0.15) is 0 Å². The molecule has 5 atom stereocenters. The van der Waals surface area contributed by atoms with Crippen molar-refractivity contribution in [1.29, 1.82) is 0 Å². The fourth-order valence-corrected chi connectivity index (χ4v) is 11.0. The summed E-state index contributed by atoms with van der Waals surface area (Å²) in [4.78, 5) is 0. The Balaban J connectivity index is 1.51. The second kappa shape index (κ2) is 13.5. The summed E-state index contributed by atoms with van der Waals surface area (Å²) < 4.78 is 40.0. The predicted molar refractivity (Wildman–Crippen MR) is 178 cm³/mol. The molecule has 5 rings (SSSR count). The summed E-state index contributed by atoms with van der Waals surface area (Å²) in [6.45, 7) is 11.2. The number of rotatable bonds is 9. The molecule has 2 fully saturated rings. The molecule has 0 N–H and O–H groups in total. The van der Waals surface area contributed by atoms with Crippen LogP contribution in [0.25, 0.3) is 0 Å². The van der Waals surface area contributed by atoms with Gasteiger partial charge in [-0.05, 0) is 53.3 Å². The highest BCUT2D eigenvalue weighted by molar-refractivity contribution is 8.22. The van der Waals surface area contributed by atoms with Crippen LogP contribution >= 0.6 is 24.0 Å². The summed E-state index contributed by atoms with van der Waals surface area (Å²) in [5.41, 5.74) is 1.04. The number of ether oxygens (including phenoxy) is 5. The molecule has 0 bridgehead atoms. The van der Waals surface area contributed by atoms with E-state index >= 15 is 0 Å². The molecule has 230 valence electrons. The van der Waals surface area contributed by atoms with Crippen LogP contribution in [0.5, 0.6) is 0 Å². The van der Waals surface area contributed by atoms with Crippen LogP contribution in [0, 0.1) is 0 Å². The van der Waals surface area contributed by atoms with Gasteiger partial charge in [-0.15, -0.1) is 0 Å². The van der Waals surface area contributed by atoms with Gasteiger partial charge in [0.2, 0.25) is 4.38 Å². The van der Waals surface area contributed by atoms with Gasteiger partial charge in [0.05, 0.1) is 13.2 Å². The zero-order chi connectivity index (χ0) is 30.7. The van der Waals surface area contributed by atoms with Crippen molar-refractivity contribution in [3.05, 3.63) is 96.6 Å². The molecule has 0 spiro atoms. The summed E-state index contributed by atoms with van der Waals surface area (Å²) in [7, 11) is -2.85. The zero-order valence-corrected chi connectivity index (χ0v) is 28.4. The van der Waals surface area contributed by atoms with Crippen LogP contribution in [0.15, 0.2) is 91.0 Å². The lowest BCUT2D eigenvalue weighted by Gasteiger charge is -2.46. The summed E-state index contributed by atoms with van der Waals surface area (Å²) in [5.74, 6) is -0.844. The van der Waals surface area contributed by atoms with Gasteiger partial charge >= 0.3 is 0 Å². The van der Waals surface area contributed by atoms with Crippen LogP contribution < -0.4 is 10.4 Å². The summed E-state index contributed by atoms with van der Waals surface area (Å²) >= 11 is 6.92. The molecule has 0 aromatic heterocycles. The fourth-order valence-electron chi connectivity index (χ4n) is 6.11. The van der Waals surface area contributed by atoms with E-state index in [2.05, 4.69) is 69.3 Å². The molecule has 0 unspecified atom stereocenters. The Morgan fingerprint density at radius 3 is 1.93 bits per heavy atom. The Morgan fingerprint density at radius 2 is 1.40 bits per heavy atom. The van der Waals surface area contributed by atoms with E-state index < -0.39 is 44.8 Å². The Kier molecular flexibility index (Phi) is 10.1. The maximum Gasteiger partial charge on any atom is 0.261 e. The van der Waals surface area contributed by atoms with Gasteiger partial charge in [-0.1, -0.05) is 124 Å². The number of thioether (sulfide) groups is 1. The van der Waals surface area contributed by atoms with Crippen LogP contribution in [0.4, 0.5) is 0 Å². The zero-order valence-electron chi connectivity index (χ0n) is 25.7. The number of fused-ring (bicyclic) bond motifs is 1. The predicted octanol–water partition coefficient (Wildman–Crippen LogP) is 6.06. The maximum atomic E-state index is 7.29. The van der Waals surface area contributed by atoms with Gasteiger partial charge < -0.3 is 28.1 Å². The highest BCUT2D eigenvalue weighted by atomic mass is 32.2. The molecule has 3 aromatic carbocycles. The molecule has 43 heavy (non-hydrogen) atoms. The molecule has 9 heteroatoms. The van der Waals surface area contributed by atoms with Crippen molar-refractivity contribution in [3.8, 4) is 0 Å². The Labute approximate surface area is 266 Å². The molecule has 0 saturated carbocycles. The van der Waals surface area contributed by atoms with Crippen LogP contribution in [-0.4, -0.2) is 62.1 Å². The van der Waals surface area contributed by atoms with E-state index in [1.54, 1.807) is 0 Å². The van der Waals surface area contributed by atoms with E-state index in [1.807, 2.05) is 62.6 Å². The van der Waals surface area contributed by atoms with Gasteiger partial charge in [0.15, 0.2) is 18.2 Å². The molecule has 2 aliphatic heterocycles. The number of benzene rings is 3. The molecule has 0 amide bonds. The van der Waals surface area contributed by atoms with Crippen molar-refractivity contribution in [2.75, 3.05) is 12.9 Å². The van der Waals surface area contributed by atoms with Gasteiger partial charge in [-0.3, -0.25) is 0 Å². The number of thiocarbonyl (C=S) groups is 1. The average molecular weight is 639 g/mol. The third-order valence-corrected chi connectivity index (χ3v) is 14.0. The van der Waals surface area contributed by atoms with Crippen LogP contribution in [0.3, 0.4) is 0 Å². The normalized spacial score (nSPS) is 25.2. The molecule has 2 heterocycles. The Hall–Kier alpha value is -2.08. The quantitative estimate of drug-likeness (QED) is 0.207. The topological polar surface area (TPSA) is 55.4 Å². The molecule has 6 nitrogen and oxygen atoms in total. The molecular weight excluding hydrogens is 597 g/mol. The molecule has 3 aromatic rings. The molecular formula is C34H42O6S2Si. The lowest BCUT2D eigenvalue weighted by atomic mass is 9.99. The van der Waals surface area contributed by atoms with Crippen molar-refractivity contribution in [3.63, 3.8) is 0 Å². The van der Waals surface area contributed by atoms with Crippen molar-refractivity contribution in [2.24, 2.45) is 0 Å². The number of hydrogen-bond donors (Lipinski definition) is 0. The third kappa shape index (κ3) is 7.10. The van der Waals surface area contributed by atoms with Crippen molar-refractivity contribution in [2.45, 2.75) is 82.8 Å². The summed E-state index contributed by atoms with van der Waals surface area (Å²) in [5, 5.41) is 2.19. The SMILES string of the molecule is CSC(=S)O[C@H]1[C@@H]2OC(C)(C)O[C@@H]2[C@@H](OCc2ccccc2)O[C@@H]1CO[Si](c1ccccc1)(c1ccccc1)C(C)(C)C. The van der Waals surface area contributed by atoms with Crippen molar-refractivity contribution < 1.29 is 28.1 Å². The molecule has 2 saturated heterocycles. The van der Waals surface area contributed by atoms with Crippen LogP contribution in [0.2, 0.25) is 5.04 Å². The first kappa shape index (κ1) is 32.3. The maximum absolute atomic E-state index is 7.29. The minimum absolute atomic E-state index is 0.198. The Morgan fingerprint density at radius 1 is 0.860 bits per heavy atom. The standard InChI is InChI=1S/C34H42O6S2Si/c1-33(2,3)43(25-18-12-8-13-19-25,26-20-14-9-15-21-26)36-23-27-28(38-32(41)42-6)29-30(40-34(4,5)39-29)31(37-27)35-22-24-16-10-7-11-17-24/h7-21,27-31H,22-23H2,1-6H3/t27-,28-,29+,30+,31+/m1/s1. The fraction of sp³-hybridized carbons (Fsp3) is 0.441. The minimum atomic E-state index is -2.85. The smallest absolute Gasteiger partial charge is 0.261 e. The third-order valence-electron chi connectivity index (χ3n) is 7.97. The average Bonchev–Trinajstić information content (AvgIpc) is 3.33. The summed E-state index contributed by atoms with van der Waals surface area (Å²) in [6.07, 6.45) is -0.853. The Bertz CT molecular complexity index is 1300. The monoisotopic (exact) mass is 638 g/mol. The molecule has 2 aliphatic rings. The van der Waals surface area contributed by atoms with Crippen molar-refractivity contribution in [1.82, 2.24) is 0 Å². The van der Waals surface area contributed by atoms with E-state index in [-0.39, 0.29) is 11.6 Å². The lowest BCUT2D eigenvalue weighted by molar-refractivity contribution is -0.280. The second-order valence-corrected chi connectivity index (χ2v) is 18.1. The van der Waals surface area contributed by atoms with E-state index in [9.17, 15) is 0 Å². The van der Waals surface area contributed by atoms with Gasteiger partial charge in [-0.25, -0.2) is 0 Å². The van der Waals surface area contributed by atoms with Crippen molar-refractivity contribution >= 4 is 47.1 Å². The molecule has 0 radical (unpaired) electrons. The van der Waals surface area contributed by atoms with Crippen LogP contribution in [0.1, 0.15) is 40.2 Å². The van der Waals surface area contributed by atoms with E-state index in [0.29, 0.717) is 11.0 Å². The summed E-state index contributed by atoms with van der Waals surface area (Å²) in [6, 6.07) is 31.2. The highest BCUT2D eigenvalue weighted by Crippen LogP contribution is 2.41. The molecule has 0 aliphatic carbocycles. The minimum Gasteiger partial charge on any atom is -0.469 e. The van der Waals surface area contributed by atoms with Gasteiger partial charge in [0, 0.05) is 0 Å². The van der Waals surface area contributed by atoms with Gasteiger partial charge in [0.25, 0.3) is 8.32 Å². The van der Waals surface area contributed by atoms with Crippen LogP contribution in [-0.2, 0) is 34.7 Å². The first-order valence-corrected chi connectivity index (χ1v) is 18.2. The second-order valence-electron chi connectivity index (χ2n) is 12.4.